The molecule has 1 atom stereocenters. The topological polar surface area (TPSA) is 77.7 Å². The van der Waals surface area contributed by atoms with Gasteiger partial charge in [0.05, 0.1) is 36.9 Å². The van der Waals surface area contributed by atoms with Crippen molar-refractivity contribution in [2.75, 3.05) is 39.5 Å². The minimum atomic E-state index is -0.409. The zero-order chi connectivity index (χ0) is 21.2. The van der Waals surface area contributed by atoms with Crippen LogP contribution in [0.2, 0.25) is 0 Å². The summed E-state index contributed by atoms with van der Waals surface area (Å²) in [4.78, 5) is 28.8. The molecule has 2 aliphatic heterocycles. The van der Waals surface area contributed by atoms with Crippen LogP contribution in [0.25, 0.3) is 11.0 Å². The monoisotopic (exact) mass is 458 g/mol. The molecule has 170 valence electrons. The second kappa shape index (κ2) is 9.77. The number of carbonyl (C=O) groups excluding carboxylic acids is 1. The molecule has 1 N–H and O–H groups in total. The molecule has 5 rings (SSSR count). The molecule has 2 aliphatic rings. The first-order valence-corrected chi connectivity index (χ1v) is 10.8. The Morgan fingerprint density at radius 2 is 1.69 bits per heavy atom. The number of para-hydroxylation sites is 3. The van der Waals surface area contributed by atoms with Crippen molar-refractivity contribution in [1.29, 1.82) is 0 Å². The van der Waals surface area contributed by atoms with Crippen LogP contribution in [0.4, 0.5) is 4.79 Å². The van der Waals surface area contributed by atoms with E-state index in [1.54, 1.807) is 4.57 Å². The summed E-state index contributed by atoms with van der Waals surface area (Å²) in [5, 5.41) is 3.05. The molecule has 1 amide bonds. The molecule has 1 fully saturated rings. The number of carbonyl (C=O) groups is 1. The number of imidazole rings is 1. The number of halogens is 1. The summed E-state index contributed by atoms with van der Waals surface area (Å²) in [5.41, 5.74) is 2.01. The van der Waals surface area contributed by atoms with Gasteiger partial charge in [-0.2, -0.15) is 0 Å². The molecule has 0 saturated carbocycles. The largest absolute Gasteiger partial charge is 0.493 e. The van der Waals surface area contributed by atoms with Crippen LogP contribution in [-0.4, -0.2) is 59.5 Å². The fourth-order valence-electron chi connectivity index (χ4n) is 4.39. The fraction of sp³-hybridized carbons (Fsp3) is 0.391. The Labute approximate surface area is 192 Å². The number of morpholine rings is 1. The summed E-state index contributed by atoms with van der Waals surface area (Å²) in [6.45, 7) is 4.94. The highest BCUT2D eigenvalue weighted by molar-refractivity contribution is 5.89. The molecule has 2 aromatic carbocycles. The Bertz CT molecular complexity index is 1150. The zero-order valence-corrected chi connectivity index (χ0v) is 18.6. The van der Waals surface area contributed by atoms with Crippen molar-refractivity contribution in [3.05, 3.63) is 64.6 Å². The summed E-state index contributed by atoms with van der Waals surface area (Å²) < 4.78 is 14.0. The lowest BCUT2D eigenvalue weighted by molar-refractivity contribution is 0.0364. The summed E-state index contributed by atoms with van der Waals surface area (Å²) in [5.74, 6) is 0.777. The van der Waals surface area contributed by atoms with Crippen molar-refractivity contribution < 1.29 is 14.3 Å². The second-order valence-corrected chi connectivity index (χ2v) is 7.89. The molecule has 32 heavy (non-hydrogen) atoms. The average molecular weight is 459 g/mol. The van der Waals surface area contributed by atoms with Crippen LogP contribution >= 0.6 is 12.4 Å². The first-order chi connectivity index (χ1) is 15.2. The molecule has 8 nitrogen and oxygen atoms in total. The van der Waals surface area contributed by atoms with Crippen molar-refractivity contribution in [1.82, 2.24) is 19.4 Å². The van der Waals surface area contributed by atoms with Gasteiger partial charge in [-0.1, -0.05) is 30.3 Å². The Balaban J connectivity index is 0.00000245. The number of fused-ring (bicyclic) bond motifs is 2. The molecule has 0 bridgehead atoms. The third-order valence-electron chi connectivity index (χ3n) is 6.04. The van der Waals surface area contributed by atoms with Crippen LogP contribution < -0.4 is 15.7 Å². The third-order valence-corrected chi connectivity index (χ3v) is 6.04. The Morgan fingerprint density at radius 3 is 2.50 bits per heavy atom. The highest BCUT2D eigenvalue weighted by Crippen LogP contribution is 2.31. The Morgan fingerprint density at radius 1 is 0.969 bits per heavy atom. The summed E-state index contributed by atoms with van der Waals surface area (Å²) in [6, 6.07) is 14.5. The van der Waals surface area contributed by atoms with Gasteiger partial charge in [-0.3, -0.25) is 9.47 Å². The number of hydrogen-bond acceptors (Lipinski definition) is 5. The number of rotatable bonds is 4. The first-order valence-electron chi connectivity index (χ1n) is 10.8. The molecule has 1 aromatic heterocycles. The first kappa shape index (κ1) is 22.4. The van der Waals surface area contributed by atoms with Crippen molar-refractivity contribution in [2.24, 2.45) is 0 Å². The van der Waals surface area contributed by atoms with E-state index in [0.29, 0.717) is 38.3 Å². The highest BCUT2D eigenvalue weighted by atomic mass is 35.5. The maximum atomic E-state index is 13.3. The fourth-order valence-corrected chi connectivity index (χ4v) is 4.39. The molecular weight excluding hydrogens is 432 g/mol. The quantitative estimate of drug-likeness (QED) is 0.650. The number of aromatic nitrogens is 2. The Hall–Kier alpha value is -2.81. The van der Waals surface area contributed by atoms with Crippen LogP contribution in [-0.2, 0) is 11.3 Å². The van der Waals surface area contributed by atoms with Gasteiger partial charge in [0.25, 0.3) is 0 Å². The van der Waals surface area contributed by atoms with Crippen LogP contribution in [0.15, 0.2) is 53.3 Å². The second-order valence-electron chi connectivity index (χ2n) is 7.89. The lowest BCUT2D eigenvalue weighted by Crippen LogP contribution is -2.42. The molecular formula is C23H27ClN4O4. The van der Waals surface area contributed by atoms with Gasteiger partial charge >= 0.3 is 11.7 Å². The average Bonchev–Trinajstić information content (AvgIpc) is 3.10. The Kier molecular flexibility index (Phi) is 6.83. The van der Waals surface area contributed by atoms with E-state index in [4.69, 9.17) is 9.47 Å². The maximum absolute atomic E-state index is 13.3. The van der Waals surface area contributed by atoms with Crippen molar-refractivity contribution in [2.45, 2.75) is 19.0 Å². The minimum Gasteiger partial charge on any atom is -0.493 e. The van der Waals surface area contributed by atoms with E-state index < -0.39 is 6.03 Å². The zero-order valence-electron chi connectivity index (χ0n) is 17.7. The van der Waals surface area contributed by atoms with E-state index in [1.165, 1.54) is 4.57 Å². The number of benzene rings is 2. The normalized spacial score (nSPS) is 18.4. The molecule has 1 unspecified atom stereocenters. The van der Waals surface area contributed by atoms with Crippen molar-refractivity contribution >= 4 is 29.5 Å². The number of ether oxygens (including phenoxy) is 2. The molecule has 3 aromatic rings. The van der Waals surface area contributed by atoms with Gasteiger partial charge in [0.1, 0.15) is 5.75 Å². The lowest BCUT2D eigenvalue weighted by atomic mass is 10.0. The van der Waals surface area contributed by atoms with E-state index in [2.05, 4.69) is 10.2 Å². The van der Waals surface area contributed by atoms with Crippen molar-refractivity contribution in [3.8, 4) is 5.75 Å². The molecule has 0 radical (unpaired) electrons. The van der Waals surface area contributed by atoms with Gasteiger partial charge in [0.2, 0.25) is 0 Å². The number of amides is 1. The predicted molar refractivity (Wildman–Crippen MR) is 124 cm³/mol. The van der Waals surface area contributed by atoms with Crippen LogP contribution in [0.1, 0.15) is 18.0 Å². The maximum Gasteiger partial charge on any atom is 0.337 e. The van der Waals surface area contributed by atoms with Crippen LogP contribution in [0.3, 0.4) is 0 Å². The molecule has 3 heterocycles. The van der Waals surface area contributed by atoms with Crippen molar-refractivity contribution in [3.63, 3.8) is 0 Å². The molecule has 0 spiro atoms. The standard InChI is InChI=1S/C23H26N4O4.ClH/c28-22(24-18-9-14-31-21-8-4-1-5-17(18)21)27-20-7-3-2-6-19(20)26(23(27)29)11-10-25-12-15-30-16-13-25;/h1-8,18H,9-16H2,(H,24,28);1H. The van der Waals surface area contributed by atoms with E-state index >= 15 is 0 Å². The van der Waals surface area contributed by atoms with E-state index in [9.17, 15) is 9.59 Å². The van der Waals surface area contributed by atoms with E-state index in [-0.39, 0.29) is 24.1 Å². The number of nitrogens with one attached hydrogen (secondary N) is 1. The van der Waals surface area contributed by atoms with Gasteiger partial charge < -0.3 is 14.8 Å². The third kappa shape index (κ3) is 4.26. The van der Waals surface area contributed by atoms with Crippen LogP contribution in [0, 0.1) is 0 Å². The van der Waals surface area contributed by atoms with Gasteiger partial charge in [-0.25, -0.2) is 14.2 Å². The highest BCUT2D eigenvalue weighted by Gasteiger charge is 2.26. The summed E-state index contributed by atoms with van der Waals surface area (Å²) >= 11 is 0. The van der Waals surface area contributed by atoms with Gasteiger partial charge in [-0.15, -0.1) is 12.4 Å². The summed E-state index contributed by atoms with van der Waals surface area (Å²) in [7, 11) is 0. The minimum absolute atomic E-state index is 0. The predicted octanol–water partition coefficient (Wildman–Crippen LogP) is 2.64. The molecule has 9 heteroatoms. The SMILES string of the molecule is Cl.O=C(NC1CCOc2ccccc21)n1c(=O)n(CCN2CCOCC2)c2ccccc21. The van der Waals surface area contributed by atoms with Crippen LogP contribution in [0.5, 0.6) is 5.75 Å². The molecule has 1 saturated heterocycles. The summed E-state index contributed by atoms with van der Waals surface area (Å²) in [6.07, 6.45) is 0.660. The number of hydrogen-bond donors (Lipinski definition) is 1. The molecule has 0 aliphatic carbocycles. The smallest absolute Gasteiger partial charge is 0.337 e. The van der Waals surface area contributed by atoms with Gasteiger partial charge in [0, 0.05) is 38.2 Å². The van der Waals surface area contributed by atoms with E-state index in [1.807, 2.05) is 48.5 Å². The van der Waals surface area contributed by atoms with Gasteiger partial charge in [0.15, 0.2) is 0 Å². The van der Waals surface area contributed by atoms with Gasteiger partial charge in [-0.05, 0) is 18.2 Å². The van der Waals surface area contributed by atoms with E-state index in [0.717, 1.165) is 36.5 Å². The lowest BCUT2D eigenvalue weighted by Gasteiger charge is -2.26. The number of nitrogens with zero attached hydrogens (tertiary/aromatic N) is 3.